The average molecular weight is 1040 g/mol. The zero-order chi connectivity index (χ0) is 52.9. The second-order valence-corrected chi connectivity index (χ2v) is 16.3. The first-order valence-corrected chi connectivity index (χ1v) is 23.8. The van der Waals surface area contributed by atoms with Crippen molar-refractivity contribution in [3.05, 3.63) is 201 Å². The number of nitrogens with one attached hydrogen (secondary N) is 4. The molecule has 12 aromatic rings. The number of oxazole rings is 1. The summed E-state index contributed by atoms with van der Waals surface area (Å²) in [6, 6.07) is 7.96. The highest BCUT2D eigenvalue weighted by atomic mass is 32.1. The lowest BCUT2D eigenvalue weighted by atomic mass is 10.4. The Morgan fingerprint density at radius 1 is 0.583 bits per heavy atom. The molecule has 0 aliphatic heterocycles. The summed E-state index contributed by atoms with van der Waals surface area (Å²) in [7, 11) is 0. The van der Waals surface area contributed by atoms with Crippen molar-refractivity contribution in [1.82, 2.24) is 90.8 Å². The lowest BCUT2D eigenvalue weighted by Gasteiger charge is -1.68. The monoisotopic (exact) mass is 1040 g/mol. The second kappa shape index (κ2) is 41.6. The van der Waals surface area contributed by atoms with Crippen LogP contribution in [0.2, 0.25) is 0 Å². The number of rotatable bonds is 0. The molecule has 0 bridgehead atoms. The van der Waals surface area contributed by atoms with Crippen molar-refractivity contribution in [1.29, 1.82) is 0 Å². The van der Waals surface area contributed by atoms with Crippen molar-refractivity contribution in [2.45, 2.75) is 83.1 Å². The van der Waals surface area contributed by atoms with Gasteiger partial charge >= 0.3 is 0 Å². The Hall–Kier alpha value is -8.36. The molecule has 0 saturated heterocycles. The Kier molecular flexibility index (Phi) is 35.6. The Morgan fingerprint density at radius 3 is 1.58 bits per heavy atom. The van der Waals surface area contributed by atoms with E-state index in [0.29, 0.717) is 5.89 Å². The lowest BCUT2D eigenvalue weighted by molar-refractivity contribution is 0.374. The fourth-order valence-electron chi connectivity index (χ4n) is 3.41. The highest BCUT2D eigenvalue weighted by molar-refractivity contribution is 7.08. The third-order valence-corrected chi connectivity index (χ3v) is 8.96. The van der Waals surface area contributed by atoms with Gasteiger partial charge in [-0.05, 0) is 145 Å². The topological polar surface area (TPSA) is 309 Å². The number of furan rings is 1. The van der Waals surface area contributed by atoms with Gasteiger partial charge in [0.1, 0.15) is 41.7 Å². The summed E-state index contributed by atoms with van der Waals surface area (Å²) in [6.07, 6.45) is 23.1. The highest BCUT2D eigenvalue weighted by Crippen LogP contribution is 2.01. The molecule has 0 amide bonds. The fraction of sp³-hybridized carbons (Fsp3) is 0.261. The van der Waals surface area contributed by atoms with E-state index >= 15 is 0 Å². The van der Waals surface area contributed by atoms with E-state index in [1.54, 1.807) is 80.2 Å². The molecule has 0 aliphatic carbocycles. The third kappa shape index (κ3) is 39.6. The number of thiophene rings is 1. The average Bonchev–Trinajstić information content (AvgIpc) is 4.18. The van der Waals surface area contributed by atoms with Crippen molar-refractivity contribution in [2.75, 3.05) is 0 Å². The molecule has 12 rings (SSSR count). The minimum atomic E-state index is 0.606. The molecule has 26 heteroatoms. The molecule has 12 aromatic heterocycles. The van der Waals surface area contributed by atoms with Gasteiger partial charge in [-0.3, -0.25) is 20.3 Å². The zero-order valence-corrected chi connectivity index (χ0v) is 44.7. The molecule has 72 heavy (non-hydrogen) atoms. The number of aromatic amines is 4. The largest absolute Gasteiger partial charge is 0.472 e. The molecule has 384 valence electrons. The summed E-state index contributed by atoms with van der Waals surface area (Å²) < 4.78 is 26.4. The lowest BCUT2D eigenvalue weighted by Crippen LogP contribution is -1.68. The van der Waals surface area contributed by atoms with Gasteiger partial charge in [0.05, 0.1) is 36.1 Å². The number of aromatic nitrogens is 18. The van der Waals surface area contributed by atoms with Gasteiger partial charge in [-0.2, -0.15) is 36.0 Å². The molecule has 0 radical (unpaired) electrons. The Morgan fingerprint density at radius 2 is 1.42 bits per heavy atom. The highest BCUT2D eigenvalue weighted by Gasteiger charge is 1.83. The number of nitrogens with zero attached hydrogens (tertiary/aromatic N) is 14. The van der Waals surface area contributed by atoms with E-state index in [1.165, 1.54) is 59.1 Å². The third-order valence-electron chi connectivity index (χ3n) is 6.89. The SMILES string of the molecule is Cc1cc[nH]c1.Cc1ccn[nH]1.Cc1ccoc1.Cc1ccsc1.Cc1cn[nH]c1.Cc1cnno1.Cc1cocn1.Cc1conn1.Cc1cscn1.Cc1ncn[nH]1.Cc1ncno1.Cc1ncns1. The summed E-state index contributed by atoms with van der Waals surface area (Å²) in [4.78, 5) is 21.8. The van der Waals surface area contributed by atoms with Crippen LogP contribution < -0.4 is 0 Å². The fourth-order valence-corrected chi connectivity index (χ4v) is 4.96. The van der Waals surface area contributed by atoms with E-state index in [2.05, 4.69) is 139 Å². The van der Waals surface area contributed by atoms with Gasteiger partial charge in [-0.15, -0.1) is 21.5 Å². The predicted molar refractivity (Wildman–Crippen MR) is 276 cm³/mol. The Labute approximate surface area is 429 Å². The van der Waals surface area contributed by atoms with E-state index in [-0.39, 0.29) is 0 Å². The number of hydrogen-bond donors (Lipinski definition) is 4. The molecule has 0 spiro atoms. The standard InChI is InChI=1S/C5H7N.C5H6O.C5H6S.2C4H6N2.C4H5NO.C4H5NS.C3H5N3.3C3H4N2O.C3H4N2S/c3*1-5-2-3-6-4-5;1-4-2-5-6-3-4;1-4-2-3-5-6-4;2*1-4-2-6-3-5-4;2*1-3-4-2-5-6-3;1-3-2-6-5-4-3;1-3-2-4-5-6-3;1-3-4-2-5-6-3/h2-4,6H,1H3;2*2-4H,1H3;2*2-3H,1H3,(H,5,6);2*2-3H,1H3;2H,1H3,(H,4,5,6);4*2H,1H3. The van der Waals surface area contributed by atoms with Crippen molar-refractivity contribution in [3.8, 4) is 0 Å². The van der Waals surface area contributed by atoms with E-state index in [9.17, 15) is 0 Å². The van der Waals surface area contributed by atoms with Gasteiger partial charge in [0.15, 0.2) is 18.5 Å². The molecule has 23 nitrogen and oxygen atoms in total. The maximum atomic E-state index is 4.71. The molecule has 0 saturated carbocycles. The van der Waals surface area contributed by atoms with Gasteiger partial charge in [0, 0.05) is 59.0 Å². The van der Waals surface area contributed by atoms with Crippen molar-refractivity contribution >= 4 is 34.2 Å². The smallest absolute Gasteiger partial charge is 0.223 e. The summed E-state index contributed by atoms with van der Waals surface area (Å²) in [5.74, 6) is 2.21. The van der Waals surface area contributed by atoms with Crippen molar-refractivity contribution in [3.63, 3.8) is 0 Å². The normalized spacial score (nSPS) is 8.83. The summed E-state index contributed by atoms with van der Waals surface area (Å²) in [5, 5.41) is 42.9. The first kappa shape index (κ1) is 61.7. The van der Waals surface area contributed by atoms with Crippen LogP contribution in [0.3, 0.4) is 0 Å². The van der Waals surface area contributed by atoms with Gasteiger partial charge < -0.3 is 27.4 Å². The molecule has 0 fully saturated rings. The summed E-state index contributed by atoms with van der Waals surface area (Å²) in [5.41, 5.74) is 10.8. The molecule has 12 heterocycles. The van der Waals surface area contributed by atoms with Crippen LogP contribution in [0.5, 0.6) is 0 Å². The van der Waals surface area contributed by atoms with Gasteiger partial charge in [-0.1, -0.05) is 5.16 Å². The Bertz CT molecular complexity index is 2040. The van der Waals surface area contributed by atoms with Crippen molar-refractivity contribution in [2.24, 2.45) is 0 Å². The van der Waals surface area contributed by atoms with Crippen LogP contribution in [0.25, 0.3) is 0 Å². The van der Waals surface area contributed by atoms with Crippen LogP contribution in [0.1, 0.15) is 67.5 Å². The molecule has 0 aliphatic rings. The van der Waals surface area contributed by atoms with Crippen LogP contribution in [0, 0.1) is 83.1 Å². The van der Waals surface area contributed by atoms with Gasteiger partial charge in [0.25, 0.3) is 0 Å². The van der Waals surface area contributed by atoms with Gasteiger partial charge in [-0.25, -0.2) is 15.0 Å². The van der Waals surface area contributed by atoms with E-state index in [0.717, 1.165) is 39.4 Å². The first-order valence-electron chi connectivity index (χ1n) is 21.2. The molecular weight excluding hydrogens is 981 g/mol. The van der Waals surface area contributed by atoms with Crippen LogP contribution >= 0.6 is 34.2 Å². The van der Waals surface area contributed by atoms with Crippen LogP contribution in [0.15, 0.2) is 156 Å². The minimum Gasteiger partial charge on any atom is -0.472 e. The predicted octanol–water partition coefficient (Wildman–Crippen LogP) is 10.9. The van der Waals surface area contributed by atoms with E-state index in [4.69, 9.17) is 4.42 Å². The molecule has 0 unspecified atom stereocenters. The molecule has 0 atom stereocenters. The number of H-pyrrole nitrogens is 4. The zero-order valence-electron chi connectivity index (χ0n) is 42.2. The first-order chi connectivity index (χ1) is 34.7. The number of thiazole rings is 1. The van der Waals surface area contributed by atoms with E-state index in [1.807, 2.05) is 103 Å². The maximum Gasteiger partial charge on any atom is 0.223 e. The maximum absolute atomic E-state index is 4.71. The molecule has 4 N–H and O–H groups in total. The van der Waals surface area contributed by atoms with Gasteiger partial charge in [0.2, 0.25) is 5.89 Å². The Balaban J connectivity index is 0.000000393. The van der Waals surface area contributed by atoms with Crippen LogP contribution in [-0.2, 0) is 0 Å². The quantitative estimate of drug-likeness (QED) is 0.110. The van der Waals surface area contributed by atoms with Crippen molar-refractivity contribution < 1.29 is 22.4 Å². The number of aryl methyl sites for hydroxylation is 12. The van der Waals surface area contributed by atoms with E-state index < -0.39 is 0 Å². The second-order valence-electron chi connectivity index (χ2n) is 13.8. The molecular formula is C46H62N18O5S3. The minimum absolute atomic E-state index is 0.606. The summed E-state index contributed by atoms with van der Waals surface area (Å²) >= 11 is 4.78. The summed E-state index contributed by atoms with van der Waals surface area (Å²) in [6.45, 7) is 23.1. The number of hydrogen-bond acceptors (Lipinski definition) is 22. The molecule has 0 aromatic carbocycles. The van der Waals surface area contributed by atoms with Crippen LogP contribution in [0.4, 0.5) is 0 Å². The van der Waals surface area contributed by atoms with Crippen LogP contribution in [-0.4, -0.2) is 90.8 Å².